The lowest BCUT2D eigenvalue weighted by atomic mass is 10.00. The predicted molar refractivity (Wildman–Crippen MR) is 121 cm³/mol. The lowest BCUT2D eigenvalue weighted by molar-refractivity contribution is 0.717. The number of rotatable bonds is 3. The van der Waals surface area contributed by atoms with Crippen molar-refractivity contribution in [1.29, 1.82) is 0 Å². The number of hydrogen-bond acceptors (Lipinski definition) is 2. The minimum atomic E-state index is 0.772. The number of fused-ring (bicyclic) bond motifs is 2. The molecule has 1 aliphatic rings. The minimum absolute atomic E-state index is 0.772. The van der Waals surface area contributed by atoms with Crippen molar-refractivity contribution in [3.63, 3.8) is 0 Å². The Hall–Kier alpha value is -2.78. The van der Waals surface area contributed by atoms with Gasteiger partial charge in [0.2, 0.25) is 0 Å². The molecule has 0 atom stereocenters. The molecular weight excluding hydrogens is 378 g/mol. The number of hydrogen-bond donors (Lipinski definition) is 0. The summed E-state index contributed by atoms with van der Waals surface area (Å²) in [4.78, 5) is 7.29. The van der Waals surface area contributed by atoms with Gasteiger partial charge in [-0.3, -0.25) is 0 Å². The van der Waals surface area contributed by atoms with Gasteiger partial charge in [-0.05, 0) is 60.7 Å². The van der Waals surface area contributed by atoms with Crippen LogP contribution >= 0.6 is 11.6 Å². The van der Waals surface area contributed by atoms with Crippen LogP contribution in [0.25, 0.3) is 10.9 Å². The molecule has 2 aromatic heterocycles. The van der Waals surface area contributed by atoms with Gasteiger partial charge in [-0.1, -0.05) is 48.0 Å². The van der Waals surface area contributed by atoms with Crippen LogP contribution in [0.5, 0.6) is 0 Å². The van der Waals surface area contributed by atoms with E-state index in [1.807, 2.05) is 18.3 Å². The Morgan fingerprint density at radius 1 is 0.966 bits per heavy atom. The van der Waals surface area contributed by atoms with Gasteiger partial charge in [-0.2, -0.15) is 0 Å². The van der Waals surface area contributed by atoms with Gasteiger partial charge < -0.3 is 9.47 Å². The minimum Gasteiger partial charge on any atom is -0.350 e. The number of pyridine rings is 1. The molecule has 4 aromatic rings. The van der Waals surface area contributed by atoms with Gasteiger partial charge in [-0.15, -0.1) is 0 Å². The van der Waals surface area contributed by atoms with Crippen LogP contribution < -0.4 is 4.90 Å². The van der Waals surface area contributed by atoms with Crippen LogP contribution in [0.1, 0.15) is 27.9 Å². The van der Waals surface area contributed by atoms with Crippen molar-refractivity contribution in [2.45, 2.75) is 33.4 Å². The highest BCUT2D eigenvalue weighted by molar-refractivity contribution is 6.30. The van der Waals surface area contributed by atoms with E-state index in [0.717, 1.165) is 36.9 Å². The third kappa shape index (κ3) is 3.20. The van der Waals surface area contributed by atoms with Crippen molar-refractivity contribution in [2.75, 3.05) is 11.4 Å². The van der Waals surface area contributed by atoms with Crippen LogP contribution in [-0.2, 0) is 19.5 Å². The molecule has 0 saturated heterocycles. The van der Waals surface area contributed by atoms with Gasteiger partial charge in [0, 0.05) is 41.9 Å². The topological polar surface area (TPSA) is 21.1 Å². The average Bonchev–Trinajstić information content (AvgIpc) is 3.00. The zero-order chi connectivity index (χ0) is 20.0. The summed E-state index contributed by atoms with van der Waals surface area (Å²) in [5.74, 6) is 1.09. The molecular formula is C25H24ClN3. The first-order valence-corrected chi connectivity index (χ1v) is 10.5. The first-order chi connectivity index (χ1) is 14.1. The molecule has 0 spiro atoms. The molecule has 3 heterocycles. The second kappa shape index (κ2) is 7.23. The smallest absolute Gasteiger partial charge is 0.153 e. The molecule has 2 aromatic carbocycles. The molecule has 0 amide bonds. The van der Waals surface area contributed by atoms with E-state index in [1.54, 1.807) is 0 Å². The standard InChI is InChI=1S/C25H24ClN3/c1-17-18(2)29(15-19-7-9-22(26)10-8-19)24-23(17)11-13-27-25(24)28-14-12-20-5-3-4-6-21(20)16-28/h3-11,13H,12,14-16H2,1-2H3. The molecule has 4 heteroatoms. The first-order valence-electron chi connectivity index (χ1n) is 10.1. The van der Waals surface area contributed by atoms with Gasteiger partial charge in [-0.25, -0.2) is 4.98 Å². The van der Waals surface area contributed by atoms with E-state index in [0.29, 0.717) is 0 Å². The molecule has 0 radical (unpaired) electrons. The Morgan fingerprint density at radius 2 is 1.72 bits per heavy atom. The monoisotopic (exact) mass is 401 g/mol. The van der Waals surface area contributed by atoms with Crippen molar-refractivity contribution >= 4 is 28.3 Å². The van der Waals surface area contributed by atoms with Crippen LogP contribution in [0, 0.1) is 13.8 Å². The number of aryl methyl sites for hydroxylation is 1. The van der Waals surface area contributed by atoms with Crippen LogP contribution in [-0.4, -0.2) is 16.1 Å². The number of aromatic nitrogens is 2. The highest BCUT2D eigenvalue weighted by atomic mass is 35.5. The van der Waals surface area contributed by atoms with Gasteiger partial charge in [0.25, 0.3) is 0 Å². The average molecular weight is 402 g/mol. The maximum Gasteiger partial charge on any atom is 0.153 e. The maximum atomic E-state index is 6.09. The summed E-state index contributed by atoms with van der Waals surface area (Å²) in [6.07, 6.45) is 3.02. The van der Waals surface area contributed by atoms with E-state index in [-0.39, 0.29) is 0 Å². The lowest BCUT2D eigenvalue weighted by Gasteiger charge is -2.30. The van der Waals surface area contributed by atoms with Crippen molar-refractivity contribution in [3.8, 4) is 0 Å². The van der Waals surface area contributed by atoms with Gasteiger partial charge in [0.15, 0.2) is 5.82 Å². The number of halogens is 1. The quantitative estimate of drug-likeness (QED) is 0.425. The van der Waals surface area contributed by atoms with Crippen molar-refractivity contribution in [1.82, 2.24) is 9.55 Å². The second-order valence-electron chi connectivity index (χ2n) is 7.89. The zero-order valence-electron chi connectivity index (χ0n) is 16.8. The Kier molecular flexibility index (Phi) is 4.56. The summed E-state index contributed by atoms with van der Waals surface area (Å²) in [5.41, 5.74) is 7.96. The van der Waals surface area contributed by atoms with Gasteiger partial charge in [0.1, 0.15) is 0 Å². The number of nitrogens with zero attached hydrogens (tertiary/aromatic N) is 3. The van der Waals surface area contributed by atoms with Crippen LogP contribution in [0.3, 0.4) is 0 Å². The SMILES string of the molecule is Cc1c(C)n(Cc2ccc(Cl)cc2)c2c(N3CCc4ccccc4C3)nccc12. The highest BCUT2D eigenvalue weighted by Crippen LogP contribution is 2.34. The largest absolute Gasteiger partial charge is 0.350 e. The van der Waals surface area contributed by atoms with E-state index in [9.17, 15) is 0 Å². The fourth-order valence-corrected chi connectivity index (χ4v) is 4.58. The number of anilines is 1. The summed E-state index contributed by atoms with van der Waals surface area (Å²) in [6.45, 7) is 7.14. The maximum absolute atomic E-state index is 6.09. The van der Waals surface area contributed by atoms with Crippen molar-refractivity contribution < 1.29 is 0 Å². The third-order valence-corrected chi connectivity index (χ3v) is 6.46. The molecule has 0 bridgehead atoms. The number of benzene rings is 2. The summed E-state index contributed by atoms with van der Waals surface area (Å²) >= 11 is 6.09. The van der Waals surface area contributed by atoms with Crippen LogP contribution in [0.2, 0.25) is 5.02 Å². The van der Waals surface area contributed by atoms with Crippen molar-refractivity contribution in [3.05, 3.63) is 93.8 Å². The van der Waals surface area contributed by atoms with E-state index in [1.165, 1.54) is 38.9 Å². The highest BCUT2D eigenvalue weighted by Gasteiger charge is 2.22. The van der Waals surface area contributed by atoms with Gasteiger partial charge in [0.05, 0.1) is 5.52 Å². The van der Waals surface area contributed by atoms with E-state index in [2.05, 4.69) is 65.8 Å². The second-order valence-corrected chi connectivity index (χ2v) is 8.33. The molecule has 0 saturated carbocycles. The summed E-state index contributed by atoms with van der Waals surface area (Å²) in [7, 11) is 0. The Morgan fingerprint density at radius 3 is 2.52 bits per heavy atom. The van der Waals surface area contributed by atoms with E-state index >= 15 is 0 Å². The molecule has 0 fully saturated rings. The van der Waals surface area contributed by atoms with E-state index in [4.69, 9.17) is 16.6 Å². The normalized spacial score (nSPS) is 13.7. The fourth-order valence-electron chi connectivity index (χ4n) is 4.45. The van der Waals surface area contributed by atoms with Crippen LogP contribution in [0.4, 0.5) is 5.82 Å². The Labute approximate surface area is 176 Å². The Bertz CT molecular complexity index is 1190. The lowest BCUT2D eigenvalue weighted by Crippen LogP contribution is -2.31. The first kappa shape index (κ1) is 18.3. The molecule has 0 unspecified atom stereocenters. The summed E-state index contributed by atoms with van der Waals surface area (Å²) < 4.78 is 2.41. The summed E-state index contributed by atoms with van der Waals surface area (Å²) in [5, 5.41) is 2.06. The van der Waals surface area contributed by atoms with Gasteiger partial charge >= 0.3 is 0 Å². The Balaban J connectivity index is 1.61. The van der Waals surface area contributed by atoms with E-state index < -0.39 is 0 Å². The molecule has 146 valence electrons. The molecule has 5 rings (SSSR count). The zero-order valence-corrected chi connectivity index (χ0v) is 17.6. The fraction of sp³-hybridized carbons (Fsp3) is 0.240. The summed E-state index contributed by atoms with van der Waals surface area (Å²) in [6, 6.07) is 19.1. The predicted octanol–water partition coefficient (Wildman–Crippen LogP) is 5.92. The molecule has 1 aliphatic heterocycles. The van der Waals surface area contributed by atoms with Crippen molar-refractivity contribution in [2.24, 2.45) is 0 Å². The van der Waals surface area contributed by atoms with Crippen LogP contribution in [0.15, 0.2) is 60.8 Å². The molecule has 0 N–H and O–H groups in total. The molecule has 3 nitrogen and oxygen atoms in total. The molecule has 29 heavy (non-hydrogen) atoms. The third-order valence-electron chi connectivity index (χ3n) is 6.21. The molecule has 0 aliphatic carbocycles.